The summed E-state index contributed by atoms with van der Waals surface area (Å²) in [5.41, 5.74) is 1.54. The van der Waals surface area contributed by atoms with Gasteiger partial charge in [-0.1, -0.05) is 12.1 Å². The number of rotatable bonds is 4. The van der Waals surface area contributed by atoms with Crippen LogP contribution in [0.3, 0.4) is 0 Å². The molecule has 1 N–H and O–H groups in total. The molecule has 0 unspecified atom stereocenters. The lowest BCUT2D eigenvalue weighted by molar-refractivity contribution is 0.181. The van der Waals surface area contributed by atoms with Crippen LogP contribution >= 0.6 is 0 Å². The highest BCUT2D eigenvalue weighted by molar-refractivity contribution is 5.23. The van der Waals surface area contributed by atoms with Gasteiger partial charge in [-0.2, -0.15) is 0 Å². The Morgan fingerprint density at radius 3 is 2.77 bits per heavy atom. The third kappa shape index (κ3) is 2.79. The zero-order valence-corrected chi connectivity index (χ0v) is 7.93. The molecule has 1 aromatic carbocycles. The monoisotopic (exact) mass is 183 g/mol. The average molecular weight is 183 g/mol. The maximum atomic E-state index is 13.3. The van der Waals surface area contributed by atoms with Gasteiger partial charge in [-0.15, -0.1) is 0 Å². The summed E-state index contributed by atoms with van der Waals surface area (Å²) in [6.07, 6.45) is 0. The van der Waals surface area contributed by atoms with Crippen molar-refractivity contribution in [3.63, 3.8) is 0 Å². The maximum Gasteiger partial charge on any atom is 0.129 e. The van der Waals surface area contributed by atoms with E-state index in [1.807, 2.05) is 13.1 Å². The molecular weight excluding hydrogens is 169 g/mol. The minimum atomic E-state index is -0.199. The van der Waals surface area contributed by atoms with Gasteiger partial charge in [-0.3, -0.25) is 0 Å². The molecule has 3 heteroatoms. The van der Waals surface area contributed by atoms with E-state index >= 15 is 0 Å². The van der Waals surface area contributed by atoms with Gasteiger partial charge in [0.15, 0.2) is 0 Å². The van der Waals surface area contributed by atoms with Crippen molar-refractivity contribution < 1.29 is 9.13 Å². The number of hydrogen-bond acceptors (Lipinski definition) is 2. The fourth-order valence-corrected chi connectivity index (χ4v) is 1.18. The first-order valence-electron chi connectivity index (χ1n) is 4.18. The fourth-order valence-electron chi connectivity index (χ4n) is 1.18. The Morgan fingerprint density at radius 2 is 2.23 bits per heavy atom. The van der Waals surface area contributed by atoms with Gasteiger partial charge in [-0.05, 0) is 18.7 Å². The summed E-state index contributed by atoms with van der Waals surface area (Å²) >= 11 is 0. The van der Waals surface area contributed by atoms with Gasteiger partial charge in [-0.25, -0.2) is 4.39 Å². The van der Waals surface area contributed by atoms with Crippen LogP contribution in [0.25, 0.3) is 0 Å². The number of ether oxygens (including phenoxy) is 1. The van der Waals surface area contributed by atoms with Crippen LogP contribution in [0.4, 0.5) is 4.39 Å². The molecule has 0 bridgehead atoms. The molecule has 0 radical (unpaired) electrons. The minimum absolute atomic E-state index is 0.199. The van der Waals surface area contributed by atoms with E-state index < -0.39 is 0 Å². The Labute approximate surface area is 77.7 Å². The van der Waals surface area contributed by atoms with E-state index in [0.29, 0.717) is 18.7 Å². The van der Waals surface area contributed by atoms with Crippen LogP contribution in [-0.2, 0) is 17.9 Å². The number of hydrogen-bond donors (Lipinski definition) is 1. The second kappa shape index (κ2) is 4.94. The Morgan fingerprint density at radius 1 is 1.46 bits per heavy atom. The molecule has 0 atom stereocenters. The van der Waals surface area contributed by atoms with Crippen LogP contribution in [0.5, 0.6) is 0 Å². The lowest BCUT2D eigenvalue weighted by Crippen LogP contribution is -2.05. The maximum absolute atomic E-state index is 13.3. The number of benzene rings is 1. The molecule has 0 heterocycles. The van der Waals surface area contributed by atoms with E-state index in [-0.39, 0.29) is 5.82 Å². The van der Waals surface area contributed by atoms with Crippen molar-refractivity contribution >= 4 is 0 Å². The van der Waals surface area contributed by atoms with Crippen molar-refractivity contribution in [2.24, 2.45) is 0 Å². The summed E-state index contributed by atoms with van der Waals surface area (Å²) in [5.74, 6) is -0.199. The highest BCUT2D eigenvalue weighted by atomic mass is 19.1. The van der Waals surface area contributed by atoms with Gasteiger partial charge in [0.05, 0.1) is 6.61 Å². The Balaban J connectivity index is 2.79. The van der Waals surface area contributed by atoms with Gasteiger partial charge >= 0.3 is 0 Å². The van der Waals surface area contributed by atoms with Crippen LogP contribution in [-0.4, -0.2) is 14.2 Å². The smallest absolute Gasteiger partial charge is 0.129 e. The van der Waals surface area contributed by atoms with Crippen LogP contribution in [0, 0.1) is 5.82 Å². The minimum Gasteiger partial charge on any atom is -0.380 e. The standard InChI is InChI=1S/C10H14FNO/c1-12-6-8-3-4-9(7-13-2)10(11)5-8/h3-5,12H,6-7H2,1-2H3. The van der Waals surface area contributed by atoms with E-state index in [1.165, 1.54) is 6.07 Å². The molecular formula is C10H14FNO. The number of nitrogens with one attached hydrogen (secondary N) is 1. The first-order chi connectivity index (χ1) is 6.27. The summed E-state index contributed by atoms with van der Waals surface area (Å²) in [5, 5.41) is 2.96. The topological polar surface area (TPSA) is 21.3 Å². The lowest BCUT2D eigenvalue weighted by atomic mass is 10.1. The first kappa shape index (κ1) is 10.2. The molecule has 0 aromatic heterocycles. The molecule has 0 amide bonds. The van der Waals surface area contributed by atoms with E-state index in [1.54, 1.807) is 13.2 Å². The van der Waals surface area contributed by atoms with E-state index in [9.17, 15) is 4.39 Å². The Bertz CT molecular complexity index is 276. The van der Waals surface area contributed by atoms with Crippen molar-refractivity contribution in [1.29, 1.82) is 0 Å². The van der Waals surface area contributed by atoms with Crippen molar-refractivity contribution in [3.8, 4) is 0 Å². The second-order valence-electron chi connectivity index (χ2n) is 2.89. The zero-order chi connectivity index (χ0) is 9.68. The zero-order valence-electron chi connectivity index (χ0n) is 7.93. The van der Waals surface area contributed by atoms with Crippen molar-refractivity contribution in [3.05, 3.63) is 35.1 Å². The molecule has 1 aromatic rings. The van der Waals surface area contributed by atoms with Crippen LogP contribution in [0.1, 0.15) is 11.1 Å². The molecule has 0 fully saturated rings. The highest BCUT2D eigenvalue weighted by Gasteiger charge is 2.02. The molecule has 0 aliphatic rings. The third-order valence-corrected chi connectivity index (χ3v) is 1.80. The second-order valence-corrected chi connectivity index (χ2v) is 2.89. The summed E-state index contributed by atoms with van der Waals surface area (Å²) in [6.45, 7) is 1.01. The van der Waals surface area contributed by atoms with Gasteiger partial charge in [0.25, 0.3) is 0 Å². The summed E-state index contributed by atoms with van der Waals surface area (Å²) in [7, 11) is 3.39. The van der Waals surface area contributed by atoms with Gasteiger partial charge < -0.3 is 10.1 Å². The summed E-state index contributed by atoms with van der Waals surface area (Å²) < 4.78 is 18.1. The molecule has 13 heavy (non-hydrogen) atoms. The molecule has 0 aliphatic carbocycles. The lowest BCUT2D eigenvalue weighted by Gasteiger charge is -2.04. The molecule has 2 nitrogen and oxygen atoms in total. The molecule has 1 rings (SSSR count). The average Bonchev–Trinajstić information content (AvgIpc) is 2.10. The van der Waals surface area contributed by atoms with Crippen molar-refractivity contribution in [1.82, 2.24) is 5.32 Å². The molecule has 0 saturated carbocycles. The molecule has 0 spiro atoms. The van der Waals surface area contributed by atoms with E-state index in [4.69, 9.17) is 4.74 Å². The Hall–Kier alpha value is -0.930. The van der Waals surface area contributed by atoms with Gasteiger partial charge in [0.2, 0.25) is 0 Å². The molecule has 0 aliphatic heterocycles. The van der Waals surface area contributed by atoms with Gasteiger partial charge in [0.1, 0.15) is 5.82 Å². The predicted molar refractivity (Wildman–Crippen MR) is 49.9 cm³/mol. The molecule has 0 saturated heterocycles. The van der Waals surface area contributed by atoms with E-state index in [0.717, 1.165) is 5.56 Å². The normalized spacial score (nSPS) is 10.4. The van der Waals surface area contributed by atoms with Crippen LogP contribution in [0.2, 0.25) is 0 Å². The molecule has 72 valence electrons. The van der Waals surface area contributed by atoms with Gasteiger partial charge in [0, 0.05) is 19.2 Å². The van der Waals surface area contributed by atoms with Crippen LogP contribution in [0.15, 0.2) is 18.2 Å². The predicted octanol–water partition coefficient (Wildman–Crippen LogP) is 1.69. The SMILES string of the molecule is CNCc1ccc(COC)c(F)c1. The number of methoxy groups -OCH3 is 1. The first-order valence-corrected chi connectivity index (χ1v) is 4.18. The number of halogens is 1. The fraction of sp³-hybridized carbons (Fsp3) is 0.400. The third-order valence-electron chi connectivity index (χ3n) is 1.80. The van der Waals surface area contributed by atoms with E-state index in [2.05, 4.69) is 5.32 Å². The van der Waals surface area contributed by atoms with Crippen molar-refractivity contribution in [2.45, 2.75) is 13.2 Å². The van der Waals surface area contributed by atoms with Crippen molar-refractivity contribution in [2.75, 3.05) is 14.2 Å². The highest BCUT2D eigenvalue weighted by Crippen LogP contribution is 2.11. The van der Waals surface area contributed by atoms with Crippen LogP contribution < -0.4 is 5.32 Å². The Kier molecular flexibility index (Phi) is 3.86. The largest absolute Gasteiger partial charge is 0.380 e. The summed E-state index contributed by atoms with van der Waals surface area (Å²) in [4.78, 5) is 0. The summed E-state index contributed by atoms with van der Waals surface area (Å²) in [6, 6.07) is 5.18. The quantitative estimate of drug-likeness (QED) is 0.767.